The summed E-state index contributed by atoms with van der Waals surface area (Å²) >= 11 is 0. The Bertz CT molecular complexity index is 468. The monoisotopic (exact) mass is 219 g/mol. The SMILES string of the molecule is CCn1cc(Oc2nccc(CN)n2)cn1. The predicted molar refractivity (Wildman–Crippen MR) is 57.9 cm³/mol. The first-order valence-electron chi connectivity index (χ1n) is 5.04. The Hall–Kier alpha value is -1.95. The van der Waals surface area contributed by atoms with Crippen LogP contribution in [0.5, 0.6) is 11.8 Å². The maximum atomic E-state index is 5.48. The van der Waals surface area contributed by atoms with Crippen molar-refractivity contribution in [3.8, 4) is 11.8 Å². The molecule has 6 heteroatoms. The van der Waals surface area contributed by atoms with Gasteiger partial charge in [0.05, 0.1) is 18.1 Å². The summed E-state index contributed by atoms with van der Waals surface area (Å²) in [6.07, 6.45) is 5.04. The number of ether oxygens (including phenoxy) is 1. The van der Waals surface area contributed by atoms with Crippen molar-refractivity contribution >= 4 is 0 Å². The zero-order chi connectivity index (χ0) is 11.4. The highest BCUT2D eigenvalue weighted by atomic mass is 16.5. The van der Waals surface area contributed by atoms with Gasteiger partial charge < -0.3 is 10.5 Å². The number of hydrogen-bond acceptors (Lipinski definition) is 5. The summed E-state index contributed by atoms with van der Waals surface area (Å²) in [4.78, 5) is 8.12. The minimum absolute atomic E-state index is 0.290. The van der Waals surface area contributed by atoms with E-state index < -0.39 is 0 Å². The second-order valence-electron chi connectivity index (χ2n) is 3.17. The van der Waals surface area contributed by atoms with Crippen LogP contribution in [-0.4, -0.2) is 19.7 Å². The molecule has 2 heterocycles. The van der Waals surface area contributed by atoms with E-state index in [0.717, 1.165) is 12.2 Å². The smallest absolute Gasteiger partial charge is 0.322 e. The van der Waals surface area contributed by atoms with E-state index in [0.29, 0.717) is 18.3 Å². The molecule has 84 valence electrons. The van der Waals surface area contributed by atoms with E-state index in [1.54, 1.807) is 29.3 Å². The molecule has 0 saturated heterocycles. The third kappa shape index (κ3) is 2.34. The topological polar surface area (TPSA) is 78.9 Å². The summed E-state index contributed by atoms with van der Waals surface area (Å²) < 4.78 is 7.21. The molecule has 2 N–H and O–H groups in total. The molecule has 0 radical (unpaired) electrons. The summed E-state index contributed by atoms with van der Waals surface area (Å²) in [7, 11) is 0. The van der Waals surface area contributed by atoms with Crippen molar-refractivity contribution in [3.05, 3.63) is 30.4 Å². The third-order valence-corrected chi connectivity index (χ3v) is 2.04. The van der Waals surface area contributed by atoms with Crippen LogP contribution in [0.3, 0.4) is 0 Å². The molecule has 0 aliphatic carbocycles. The Labute approximate surface area is 93.1 Å². The van der Waals surface area contributed by atoms with Gasteiger partial charge in [0.25, 0.3) is 0 Å². The van der Waals surface area contributed by atoms with Gasteiger partial charge in [0.1, 0.15) is 0 Å². The maximum absolute atomic E-state index is 5.48. The van der Waals surface area contributed by atoms with Crippen LogP contribution in [0.4, 0.5) is 0 Å². The molecule has 0 bridgehead atoms. The number of hydrogen-bond donors (Lipinski definition) is 1. The van der Waals surface area contributed by atoms with E-state index in [2.05, 4.69) is 15.1 Å². The second-order valence-corrected chi connectivity index (χ2v) is 3.17. The molecule has 0 amide bonds. The van der Waals surface area contributed by atoms with Crippen molar-refractivity contribution < 1.29 is 4.74 Å². The summed E-state index contributed by atoms with van der Waals surface area (Å²) in [6, 6.07) is 2.04. The molecule has 0 spiro atoms. The lowest BCUT2D eigenvalue weighted by Crippen LogP contribution is -2.01. The molecule has 2 aromatic rings. The van der Waals surface area contributed by atoms with Gasteiger partial charge in [-0.15, -0.1) is 0 Å². The molecule has 6 nitrogen and oxygen atoms in total. The van der Waals surface area contributed by atoms with Crippen LogP contribution in [0.25, 0.3) is 0 Å². The second kappa shape index (κ2) is 4.71. The predicted octanol–water partition coefficient (Wildman–Crippen LogP) is 0.944. The largest absolute Gasteiger partial charge is 0.421 e. The summed E-state index contributed by atoms with van der Waals surface area (Å²) in [5.74, 6) is 0.621. The minimum Gasteiger partial charge on any atom is -0.421 e. The Morgan fingerprint density at radius 1 is 1.50 bits per heavy atom. The van der Waals surface area contributed by atoms with Crippen molar-refractivity contribution in [1.82, 2.24) is 19.7 Å². The highest BCUT2D eigenvalue weighted by Gasteiger charge is 2.03. The van der Waals surface area contributed by atoms with Gasteiger partial charge in [-0.05, 0) is 13.0 Å². The first-order chi connectivity index (χ1) is 7.81. The van der Waals surface area contributed by atoms with Gasteiger partial charge in [0.15, 0.2) is 5.75 Å². The van der Waals surface area contributed by atoms with E-state index in [1.807, 2.05) is 6.92 Å². The van der Waals surface area contributed by atoms with Crippen LogP contribution < -0.4 is 10.5 Å². The van der Waals surface area contributed by atoms with Gasteiger partial charge in [0, 0.05) is 19.3 Å². The van der Waals surface area contributed by atoms with Gasteiger partial charge in [-0.2, -0.15) is 10.1 Å². The fraction of sp³-hybridized carbons (Fsp3) is 0.300. The summed E-state index contributed by atoms with van der Waals surface area (Å²) in [5.41, 5.74) is 6.22. The zero-order valence-corrected chi connectivity index (χ0v) is 9.00. The van der Waals surface area contributed by atoms with Crippen LogP contribution >= 0.6 is 0 Å². The van der Waals surface area contributed by atoms with Crippen LogP contribution in [0.1, 0.15) is 12.6 Å². The Morgan fingerprint density at radius 3 is 3.06 bits per heavy atom. The highest BCUT2D eigenvalue weighted by Crippen LogP contribution is 2.16. The van der Waals surface area contributed by atoms with E-state index in [9.17, 15) is 0 Å². The number of aromatic nitrogens is 4. The van der Waals surface area contributed by atoms with E-state index in [4.69, 9.17) is 10.5 Å². The van der Waals surface area contributed by atoms with E-state index >= 15 is 0 Å². The van der Waals surface area contributed by atoms with Crippen molar-refractivity contribution in [2.75, 3.05) is 0 Å². The van der Waals surface area contributed by atoms with Crippen LogP contribution in [0.2, 0.25) is 0 Å². The van der Waals surface area contributed by atoms with Crippen LogP contribution in [0.15, 0.2) is 24.7 Å². The Balaban J connectivity index is 2.13. The van der Waals surface area contributed by atoms with Gasteiger partial charge in [0.2, 0.25) is 0 Å². The standard InChI is InChI=1S/C10H13N5O/c1-2-15-7-9(6-13-15)16-10-12-4-3-8(5-11)14-10/h3-4,6-7H,2,5,11H2,1H3. The number of nitrogens with zero attached hydrogens (tertiary/aromatic N) is 4. The average molecular weight is 219 g/mol. The third-order valence-electron chi connectivity index (χ3n) is 2.04. The van der Waals surface area contributed by atoms with Gasteiger partial charge in [-0.1, -0.05) is 0 Å². The summed E-state index contributed by atoms with van der Waals surface area (Å²) in [5, 5.41) is 4.08. The first-order valence-corrected chi connectivity index (χ1v) is 5.04. The Morgan fingerprint density at radius 2 is 2.38 bits per heavy atom. The lowest BCUT2D eigenvalue weighted by molar-refractivity contribution is 0.438. The number of aryl methyl sites for hydroxylation is 1. The van der Waals surface area contributed by atoms with Crippen LogP contribution in [0, 0.1) is 0 Å². The number of nitrogens with two attached hydrogens (primary N) is 1. The molecule has 16 heavy (non-hydrogen) atoms. The molecule has 0 aliphatic rings. The van der Waals surface area contributed by atoms with Crippen molar-refractivity contribution in [2.45, 2.75) is 20.0 Å². The zero-order valence-electron chi connectivity index (χ0n) is 9.00. The molecule has 0 aliphatic heterocycles. The quantitative estimate of drug-likeness (QED) is 0.828. The fourth-order valence-electron chi connectivity index (χ4n) is 1.21. The van der Waals surface area contributed by atoms with E-state index in [1.165, 1.54) is 0 Å². The van der Waals surface area contributed by atoms with Crippen molar-refractivity contribution in [1.29, 1.82) is 0 Å². The molecule has 0 unspecified atom stereocenters. The van der Waals surface area contributed by atoms with Crippen LogP contribution in [-0.2, 0) is 13.1 Å². The molecule has 0 atom stereocenters. The molecule has 2 aromatic heterocycles. The van der Waals surface area contributed by atoms with Gasteiger partial charge in [-0.25, -0.2) is 4.98 Å². The highest BCUT2D eigenvalue weighted by molar-refractivity contribution is 5.17. The molecule has 0 saturated carbocycles. The lowest BCUT2D eigenvalue weighted by Gasteiger charge is -2.01. The van der Waals surface area contributed by atoms with E-state index in [-0.39, 0.29) is 0 Å². The first kappa shape index (κ1) is 10.6. The Kier molecular flexibility index (Phi) is 3.11. The molecular weight excluding hydrogens is 206 g/mol. The maximum Gasteiger partial charge on any atom is 0.322 e. The fourth-order valence-corrected chi connectivity index (χ4v) is 1.21. The van der Waals surface area contributed by atoms with Gasteiger partial charge in [-0.3, -0.25) is 4.68 Å². The molecular formula is C10H13N5O. The van der Waals surface area contributed by atoms with Crippen molar-refractivity contribution in [3.63, 3.8) is 0 Å². The normalized spacial score (nSPS) is 10.4. The number of rotatable bonds is 4. The molecule has 0 fully saturated rings. The van der Waals surface area contributed by atoms with Gasteiger partial charge >= 0.3 is 6.01 Å². The minimum atomic E-state index is 0.290. The summed E-state index contributed by atoms with van der Waals surface area (Å²) in [6.45, 7) is 3.17. The van der Waals surface area contributed by atoms with Crippen molar-refractivity contribution in [2.24, 2.45) is 5.73 Å². The average Bonchev–Trinajstić information content (AvgIpc) is 2.77. The molecule has 0 aromatic carbocycles. The molecule has 2 rings (SSSR count). The lowest BCUT2D eigenvalue weighted by atomic mass is 10.4.